The third kappa shape index (κ3) is 2.02. The van der Waals surface area contributed by atoms with Crippen LogP contribution in [0.2, 0.25) is 0 Å². The summed E-state index contributed by atoms with van der Waals surface area (Å²) in [5.74, 6) is 1.14. The van der Waals surface area contributed by atoms with Crippen LogP contribution in [-0.2, 0) is 0 Å². The first-order chi connectivity index (χ1) is 9.47. The van der Waals surface area contributed by atoms with E-state index in [0.29, 0.717) is 11.8 Å². The van der Waals surface area contributed by atoms with Crippen molar-refractivity contribution in [1.29, 1.82) is 0 Å². The number of H-pyrrole nitrogens is 1. The summed E-state index contributed by atoms with van der Waals surface area (Å²) >= 11 is 0. The van der Waals surface area contributed by atoms with E-state index in [2.05, 4.69) is 69.9 Å². The molecule has 20 heavy (non-hydrogen) atoms. The molecule has 0 radical (unpaired) electrons. The van der Waals surface area contributed by atoms with Crippen molar-refractivity contribution in [2.24, 2.45) is 0 Å². The quantitative estimate of drug-likeness (QED) is 0.596. The van der Waals surface area contributed by atoms with Crippen LogP contribution in [0.3, 0.4) is 0 Å². The Balaban J connectivity index is 2.30. The highest BCUT2D eigenvalue weighted by atomic mass is 14.7. The molecule has 0 fully saturated rings. The van der Waals surface area contributed by atoms with Crippen LogP contribution in [-0.4, -0.2) is 4.98 Å². The third-order valence-corrected chi connectivity index (χ3v) is 4.30. The number of fused-ring (bicyclic) bond motifs is 3. The molecular formula is C19H23N. The molecule has 0 atom stereocenters. The number of nitrogens with one attached hydrogen (secondary N) is 1. The van der Waals surface area contributed by atoms with Crippen molar-refractivity contribution in [3.8, 4) is 0 Å². The lowest BCUT2D eigenvalue weighted by atomic mass is 9.95. The molecule has 3 rings (SSSR count). The Bertz CT molecular complexity index is 775. The van der Waals surface area contributed by atoms with Gasteiger partial charge in [0.2, 0.25) is 0 Å². The van der Waals surface area contributed by atoms with Crippen LogP contribution >= 0.6 is 0 Å². The summed E-state index contributed by atoms with van der Waals surface area (Å²) in [6.45, 7) is 11.2. The van der Waals surface area contributed by atoms with E-state index in [1.165, 1.54) is 38.5 Å². The summed E-state index contributed by atoms with van der Waals surface area (Å²) in [7, 11) is 0. The second-order valence-corrected chi connectivity index (χ2v) is 6.49. The minimum atomic E-state index is 0.567. The standard InChI is InChI=1S/C19H23N/c1-11(2)14-6-7-15-17-8-13(5)16(12(3)4)10-19(17)20-18(15)9-14/h6-12,20H,1-5H3. The van der Waals surface area contributed by atoms with E-state index < -0.39 is 0 Å². The topological polar surface area (TPSA) is 15.8 Å². The van der Waals surface area contributed by atoms with E-state index >= 15 is 0 Å². The summed E-state index contributed by atoms with van der Waals surface area (Å²) in [5.41, 5.74) is 6.74. The second kappa shape index (κ2) is 4.66. The maximum Gasteiger partial charge on any atom is 0.0467 e. The molecule has 1 nitrogen and oxygen atoms in total. The normalized spacial score (nSPS) is 12.2. The van der Waals surface area contributed by atoms with Gasteiger partial charge in [-0.25, -0.2) is 0 Å². The lowest BCUT2D eigenvalue weighted by Gasteiger charge is -2.09. The predicted octanol–water partition coefficient (Wildman–Crippen LogP) is 5.88. The zero-order valence-electron chi connectivity index (χ0n) is 13.0. The van der Waals surface area contributed by atoms with E-state index in [-0.39, 0.29) is 0 Å². The minimum absolute atomic E-state index is 0.567. The van der Waals surface area contributed by atoms with Crippen LogP contribution in [0, 0.1) is 6.92 Å². The van der Waals surface area contributed by atoms with Crippen molar-refractivity contribution in [2.45, 2.75) is 46.5 Å². The predicted molar refractivity (Wildman–Crippen MR) is 88.7 cm³/mol. The number of hydrogen-bond acceptors (Lipinski definition) is 0. The largest absolute Gasteiger partial charge is 0.354 e. The van der Waals surface area contributed by atoms with Crippen LogP contribution in [0.15, 0.2) is 30.3 Å². The van der Waals surface area contributed by atoms with Crippen LogP contribution in [0.25, 0.3) is 21.8 Å². The highest BCUT2D eigenvalue weighted by molar-refractivity contribution is 6.07. The molecule has 104 valence electrons. The van der Waals surface area contributed by atoms with Crippen molar-refractivity contribution < 1.29 is 0 Å². The Labute approximate surface area is 121 Å². The van der Waals surface area contributed by atoms with Crippen molar-refractivity contribution in [3.63, 3.8) is 0 Å². The van der Waals surface area contributed by atoms with Gasteiger partial charge >= 0.3 is 0 Å². The van der Waals surface area contributed by atoms with Gasteiger partial charge in [-0.15, -0.1) is 0 Å². The molecule has 0 unspecified atom stereocenters. The minimum Gasteiger partial charge on any atom is -0.354 e. The van der Waals surface area contributed by atoms with Crippen LogP contribution in [0.4, 0.5) is 0 Å². The lowest BCUT2D eigenvalue weighted by Crippen LogP contribution is -1.91. The Kier molecular flexibility index (Phi) is 3.08. The lowest BCUT2D eigenvalue weighted by molar-refractivity contribution is 0.858. The van der Waals surface area contributed by atoms with Crippen LogP contribution in [0.1, 0.15) is 56.2 Å². The van der Waals surface area contributed by atoms with E-state index in [9.17, 15) is 0 Å². The summed E-state index contributed by atoms with van der Waals surface area (Å²) in [4.78, 5) is 3.60. The number of rotatable bonds is 2. The van der Waals surface area contributed by atoms with Crippen molar-refractivity contribution in [2.75, 3.05) is 0 Å². The fraction of sp³-hybridized carbons (Fsp3) is 0.368. The van der Waals surface area contributed by atoms with Gasteiger partial charge in [-0.1, -0.05) is 39.8 Å². The Morgan fingerprint density at radius 3 is 2.15 bits per heavy atom. The fourth-order valence-electron chi connectivity index (χ4n) is 3.08. The number of hydrogen-bond donors (Lipinski definition) is 1. The van der Waals surface area contributed by atoms with Crippen LogP contribution in [0.5, 0.6) is 0 Å². The van der Waals surface area contributed by atoms with Crippen LogP contribution < -0.4 is 0 Å². The average molecular weight is 265 g/mol. The summed E-state index contributed by atoms with van der Waals surface area (Å²) in [6.07, 6.45) is 0. The van der Waals surface area contributed by atoms with E-state index in [4.69, 9.17) is 0 Å². The number of aryl methyl sites for hydroxylation is 1. The van der Waals surface area contributed by atoms with E-state index in [1.54, 1.807) is 0 Å². The van der Waals surface area contributed by atoms with E-state index in [0.717, 1.165) is 0 Å². The number of benzene rings is 2. The van der Waals surface area contributed by atoms with Gasteiger partial charge in [-0.2, -0.15) is 0 Å². The highest BCUT2D eigenvalue weighted by Gasteiger charge is 2.10. The molecule has 0 aliphatic rings. The SMILES string of the molecule is Cc1cc2c(cc1C(C)C)[nH]c1cc(C(C)C)ccc12. The molecule has 0 saturated heterocycles. The molecule has 0 saturated carbocycles. The molecule has 1 heteroatoms. The smallest absolute Gasteiger partial charge is 0.0467 e. The van der Waals surface area contributed by atoms with Gasteiger partial charge in [-0.3, -0.25) is 0 Å². The molecule has 0 aliphatic heterocycles. The maximum absolute atomic E-state index is 3.60. The van der Waals surface area contributed by atoms with Gasteiger partial charge in [-0.05, 0) is 53.6 Å². The van der Waals surface area contributed by atoms with E-state index in [1.807, 2.05) is 0 Å². The third-order valence-electron chi connectivity index (χ3n) is 4.30. The molecule has 0 amide bonds. The first kappa shape index (κ1) is 13.2. The molecule has 1 N–H and O–H groups in total. The molecule has 0 aliphatic carbocycles. The molecule has 1 heterocycles. The van der Waals surface area contributed by atoms with Gasteiger partial charge in [0.1, 0.15) is 0 Å². The van der Waals surface area contributed by atoms with Crippen molar-refractivity contribution in [1.82, 2.24) is 4.98 Å². The molecular weight excluding hydrogens is 242 g/mol. The molecule has 0 spiro atoms. The number of aromatic amines is 1. The van der Waals surface area contributed by atoms with Gasteiger partial charge < -0.3 is 4.98 Å². The summed E-state index contributed by atoms with van der Waals surface area (Å²) in [5, 5.41) is 2.68. The number of aromatic nitrogens is 1. The van der Waals surface area contributed by atoms with Gasteiger partial charge in [0.05, 0.1) is 0 Å². The molecule has 0 bridgehead atoms. The highest BCUT2D eigenvalue weighted by Crippen LogP contribution is 2.32. The Morgan fingerprint density at radius 2 is 1.50 bits per heavy atom. The molecule has 1 aromatic heterocycles. The Hall–Kier alpha value is -1.76. The zero-order chi connectivity index (χ0) is 14.4. The molecule has 2 aromatic carbocycles. The molecule has 3 aromatic rings. The summed E-state index contributed by atoms with van der Waals surface area (Å²) in [6, 6.07) is 11.5. The maximum atomic E-state index is 3.60. The first-order valence-corrected chi connectivity index (χ1v) is 7.53. The van der Waals surface area contributed by atoms with Crippen molar-refractivity contribution in [3.05, 3.63) is 47.0 Å². The Morgan fingerprint density at radius 1 is 0.800 bits per heavy atom. The fourth-order valence-corrected chi connectivity index (χ4v) is 3.08. The summed E-state index contributed by atoms with van der Waals surface area (Å²) < 4.78 is 0. The van der Waals surface area contributed by atoms with Gasteiger partial charge in [0.25, 0.3) is 0 Å². The first-order valence-electron chi connectivity index (χ1n) is 7.53. The van der Waals surface area contributed by atoms with Gasteiger partial charge in [0.15, 0.2) is 0 Å². The van der Waals surface area contributed by atoms with Crippen molar-refractivity contribution >= 4 is 21.8 Å². The average Bonchev–Trinajstić information content (AvgIpc) is 2.74. The van der Waals surface area contributed by atoms with Gasteiger partial charge in [0, 0.05) is 21.8 Å². The second-order valence-electron chi connectivity index (χ2n) is 6.49. The zero-order valence-corrected chi connectivity index (χ0v) is 13.0. The monoisotopic (exact) mass is 265 g/mol.